The number of benzene rings is 1. The molecule has 4 heteroatoms. The zero-order valence-electron chi connectivity index (χ0n) is 8.54. The third-order valence-corrected chi connectivity index (χ3v) is 2.12. The molecule has 0 fully saturated rings. The van der Waals surface area contributed by atoms with Crippen LogP contribution in [0, 0.1) is 0 Å². The predicted octanol–water partition coefficient (Wildman–Crippen LogP) is 2.86. The Bertz CT molecular complexity index is 399. The molecule has 0 amide bonds. The number of carbonyl (C=O) groups is 2. The number of ketones is 1. The Morgan fingerprint density at radius 3 is 2.53 bits per heavy atom. The molecule has 0 atom stereocenters. The van der Waals surface area contributed by atoms with Gasteiger partial charge in [-0.25, -0.2) is 0 Å². The van der Waals surface area contributed by atoms with Gasteiger partial charge in [-0.05, 0) is 18.2 Å². The van der Waals surface area contributed by atoms with Crippen LogP contribution in [0.5, 0.6) is 5.75 Å². The van der Waals surface area contributed by atoms with Crippen molar-refractivity contribution in [2.75, 3.05) is 0 Å². The molecule has 0 bridgehead atoms. The first-order chi connectivity index (χ1) is 7.04. The molecule has 0 aliphatic rings. The Morgan fingerprint density at radius 1 is 1.40 bits per heavy atom. The van der Waals surface area contributed by atoms with E-state index in [1.54, 1.807) is 13.0 Å². The average molecular weight is 227 g/mol. The van der Waals surface area contributed by atoms with Gasteiger partial charge in [0.2, 0.25) is 0 Å². The normalized spacial score (nSPS) is 9.80. The summed E-state index contributed by atoms with van der Waals surface area (Å²) in [5.74, 6) is -0.158. The molecule has 15 heavy (non-hydrogen) atoms. The number of rotatable bonds is 3. The van der Waals surface area contributed by atoms with Gasteiger partial charge in [0.15, 0.2) is 5.78 Å². The second kappa shape index (κ2) is 4.94. The van der Waals surface area contributed by atoms with Crippen molar-refractivity contribution in [2.24, 2.45) is 0 Å². The minimum absolute atomic E-state index is 0.00581. The summed E-state index contributed by atoms with van der Waals surface area (Å²) >= 11 is 5.85. The number of halogens is 1. The molecule has 0 heterocycles. The van der Waals surface area contributed by atoms with Gasteiger partial charge >= 0.3 is 5.97 Å². The highest BCUT2D eigenvalue weighted by molar-refractivity contribution is 6.32. The van der Waals surface area contributed by atoms with Crippen LogP contribution in [0.25, 0.3) is 0 Å². The van der Waals surface area contributed by atoms with E-state index in [1.807, 2.05) is 0 Å². The summed E-state index contributed by atoms with van der Waals surface area (Å²) in [7, 11) is 0. The number of ether oxygens (including phenoxy) is 1. The van der Waals surface area contributed by atoms with Gasteiger partial charge in [-0.15, -0.1) is 0 Å². The second-order valence-corrected chi connectivity index (χ2v) is 3.42. The lowest BCUT2D eigenvalue weighted by atomic mass is 10.1. The number of Topliss-reactive ketones (excluding diaryl/α,β-unsaturated/α-hetero) is 1. The lowest BCUT2D eigenvalue weighted by molar-refractivity contribution is -0.131. The Kier molecular flexibility index (Phi) is 3.86. The minimum atomic E-state index is -0.438. The Hall–Kier alpha value is -1.35. The molecular formula is C11H11ClO3. The Morgan fingerprint density at radius 2 is 2.07 bits per heavy atom. The third kappa shape index (κ3) is 3.06. The number of hydrogen-bond acceptors (Lipinski definition) is 3. The molecule has 0 aromatic heterocycles. The fourth-order valence-corrected chi connectivity index (χ4v) is 1.34. The van der Waals surface area contributed by atoms with E-state index in [4.69, 9.17) is 16.3 Å². The zero-order chi connectivity index (χ0) is 11.4. The molecule has 0 saturated heterocycles. The van der Waals surface area contributed by atoms with Crippen molar-refractivity contribution >= 4 is 23.4 Å². The maximum Gasteiger partial charge on any atom is 0.308 e. The van der Waals surface area contributed by atoms with Crippen LogP contribution in [0.1, 0.15) is 30.6 Å². The third-order valence-electron chi connectivity index (χ3n) is 1.83. The quantitative estimate of drug-likeness (QED) is 0.452. The van der Waals surface area contributed by atoms with Crippen molar-refractivity contribution < 1.29 is 14.3 Å². The molecule has 1 rings (SSSR count). The van der Waals surface area contributed by atoms with Gasteiger partial charge in [0.25, 0.3) is 0 Å². The summed E-state index contributed by atoms with van der Waals surface area (Å²) in [4.78, 5) is 22.0. The maximum atomic E-state index is 11.3. The summed E-state index contributed by atoms with van der Waals surface area (Å²) in [5.41, 5.74) is 0.526. The van der Waals surface area contributed by atoms with Crippen molar-refractivity contribution in [3.8, 4) is 5.75 Å². The molecule has 1 aromatic carbocycles. The summed E-state index contributed by atoms with van der Waals surface area (Å²) in [6.45, 7) is 3.07. The number of carbonyl (C=O) groups excluding carboxylic acids is 2. The highest BCUT2D eigenvalue weighted by atomic mass is 35.5. The van der Waals surface area contributed by atoms with Gasteiger partial charge in [-0.3, -0.25) is 9.59 Å². The van der Waals surface area contributed by atoms with Gasteiger partial charge in [-0.1, -0.05) is 18.5 Å². The standard InChI is InChI=1S/C11H11ClO3/c1-3-10(14)8-4-5-11(9(12)6-8)15-7(2)13/h4-6H,3H2,1-2H3. The number of esters is 1. The first-order valence-corrected chi connectivity index (χ1v) is 4.93. The van der Waals surface area contributed by atoms with E-state index in [2.05, 4.69) is 0 Å². The summed E-state index contributed by atoms with van der Waals surface area (Å²) in [5, 5.41) is 0.268. The van der Waals surface area contributed by atoms with Crippen molar-refractivity contribution in [1.82, 2.24) is 0 Å². The van der Waals surface area contributed by atoms with Gasteiger partial charge in [0.1, 0.15) is 5.75 Å². The predicted molar refractivity (Wildman–Crippen MR) is 57.4 cm³/mol. The Balaban J connectivity index is 2.97. The monoisotopic (exact) mass is 226 g/mol. The Labute approximate surface area is 93.0 Å². The molecule has 0 aliphatic carbocycles. The molecule has 0 spiro atoms. The van der Waals surface area contributed by atoms with Crippen LogP contribution in [0.3, 0.4) is 0 Å². The van der Waals surface area contributed by atoms with Crippen LogP contribution in [0.4, 0.5) is 0 Å². The van der Waals surface area contributed by atoms with E-state index in [-0.39, 0.29) is 16.6 Å². The molecule has 0 unspecified atom stereocenters. The first-order valence-electron chi connectivity index (χ1n) is 4.55. The highest BCUT2D eigenvalue weighted by Crippen LogP contribution is 2.26. The molecule has 80 valence electrons. The van der Waals surface area contributed by atoms with Crippen molar-refractivity contribution in [1.29, 1.82) is 0 Å². The van der Waals surface area contributed by atoms with Crippen molar-refractivity contribution in [3.05, 3.63) is 28.8 Å². The van der Waals surface area contributed by atoms with Crippen LogP contribution >= 0.6 is 11.6 Å². The maximum absolute atomic E-state index is 11.3. The van der Waals surface area contributed by atoms with Gasteiger partial charge < -0.3 is 4.74 Å². The van der Waals surface area contributed by atoms with E-state index in [1.165, 1.54) is 19.1 Å². The summed E-state index contributed by atoms with van der Waals surface area (Å²) in [6, 6.07) is 4.62. The van der Waals surface area contributed by atoms with E-state index >= 15 is 0 Å². The topological polar surface area (TPSA) is 43.4 Å². The molecule has 0 N–H and O–H groups in total. The molecule has 3 nitrogen and oxygen atoms in total. The fraction of sp³-hybridized carbons (Fsp3) is 0.273. The largest absolute Gasteiger partial charge is 0.425 e. The van der Waals surface area contributed by atoms with E-state index in [9.17, 15) is 9.59 Å². The lowest BCUT2D eigenvalue weighted by Gasteiger charge is -2.05. The molecular weight excluding hydrogens is 216 g/mol. The summed E-state index contributed by atoms with van der Waals surface area (Å²) in [6.07, 6.45) is 0.420. The molecule has 0 saturated carbocycles. The zero-order valence-corrected chi connectivity index (χ0v) is 9.30. The fourth-order valence-electron chi connectivity index (χ4n) is 1.12. The van der Waals surface area contributed by atoms with E-state index in [0.29, 0.717) is 12.0 Å². The average Bonchev–Trinajstić information content (AvgIpc) is 2.19. The molecule has 0 radical (unpaired) electrons. The van der Waals surface area contributed by atoms with Crippen LogP contribution < -0.4 is 4.74 Å². The van der Waals surface area contributed by atoms with Crippen LogP contribution in [0.2, 0.25) is 5.02 Å². The first kappa shape index (κ1) is 11.7. The molecule has 1 aromatic rings. The van der Waals surface area contributed by atoms with Crippen molar-refractivity contribution in [2.45, 2.75) is 20.3 Å². The highest BCUT2D eigenvalue weighted by Gasteiger charge is 2.08. The van der Waals surface area contributed by atoms with Crippen LogP contribution in [-0.2, 0) is 4.79 Å². The SMILES string of the molecule is CCC(=O)c1ccc(OC(C)=O)c(Cl)c1. The smallest absolute Gasteiger partial charge is 0.308 e. The lowest BCUT2D eigenvalue weighted by Crippen LogP contribution is -2.03. The summed E-state index contributed by atoms with van der Waals surface area (Å²) < 4.78 is 4.83. The van der Waals surface area contributed by atoms with E-state index in [0.717, 1.165) is 0 Å². The van der Waals surface area contributed by atoms with Gasteiger partial charge in [0.05, 0.1) is 5.02 Å². The van der Waals surface area contributed by atoms with Crippen LogP contribution in [0.15, 0.2) is 18.2 Å². The minimum Gasteiger partial charge on any atom is -0.425 e. The number of hydrogen-bond donors (Lipinski definition) is 0. The van der Waals surface area contributed by atoms with Crippen molar-refractivity contribution in [3.63, 3.8) is 0 Å². The van der Waals surface area contributed by atoms with Gasteiger partial charge in [0, 0.05) is 18.9 Å². The van der Waals surface area contributed by atoms with E-state index < -0.39 is 5.97 Å². The second-order valence-electron chi connectivity index (χ2n) is 3.02. The van der Waals surface area contributed by atoms with Gasteiger partial charge in [-0.2, -0.15) is 0 Å². The van der Waals surface area contributed by atoms with Crippen LogP contribution in [-0.4, -0.2) is 11.8 Å². The molecule has 0 aliphatic heterocycles.